The molecule has 114 valence electrons. The maximum atomic E-state index is 11.4. The van der Waals surface area contributed by atoms with Crippen LogP contribution in [0.3, 0.4) is 0 Å². The van der Waals surface area contributed by atoms with Crippen LogP contribution in [-0.2, 0) is 4.79 Å². The third-order valence-corrected chi connectivity index (χ3v) is 5.01. The molecule has 1 aliphatic heterocycles. The zero-order chi connectivity index (χ0) is 14.8. The third kappa shape index (κ3) is 3.15. The van der Waals surface area contributed by atoms with Crippen molar-refractivity contribution < 1.29 is 4.79 Å². The van der Waals surface area contributed by atoms with Gasteiger partial charge in [-0.25, -0.2) is 9.97 Å². The Morgan fingerprint density at radius 2 is 1.95 bits per heavy atom. The van der Waals surface area contributed by atoms with E-state index in [9.17, 15) is 4.79 Å². The molecule has 0 N–H and O–H groups in total. The summed E-state index contributed by atoms with van der Waals surface area (Å²) < 4.78 is 0. The fourth-order valence-electron chi connectivity index (χ4n) is 2.85. The van der Waals surface area contributed by atoms with Crippen LogP contribution in [0.1, 0.15) is 37.8 Å². The zero-order valence-electron chi connectivity index (χ0n) is 12.7. The average molecular weight is 306 g/mol. The standard InChI is InChI=1S/C15H22N4OS/c1-11(20)18-6-8-19(9-7-18)14-10-13(12-4-3-5-12)16-15(17-14)21-2/h10,12H,3-9H2,1-2H3. The summed E-state index contributed by atoms with van der Waals surface area (Å²) >= 11 is 1.61. The van der Waals surface area contributed by atoms with Gasteiger partial charge in [0.1, 0.15) is 5.82 Å². The highest BCUT2D eigenvalue weighted by Gasteiger charge is 2.25. The van der Waals surface area contributed by atoms with Gasteiger partial charge in [0, 0.05) is 45.1 Å². The van der Waals surface area contributed by atoms with Gasteiger partial charge in [0.15, 0.2) is 5.16 Å². The molecule has 2 heterocycles. The molecule has 0 spiro atoms. The Kier molecular flexibility index (Phi) is 4.33. The van der Waals surface area contributed by atoms with Crippen LogP contribution in [0.15, 0.2) is 11.2 Å². The minimum atomic E-state index is 0.164. The molecule has 1 aliphatic carbocycles. The van der Waals surface area contributed by atoms with Crippen molar-refractivity contribution >= 4 is 23.5 Å². The summed E-state index contributed by atoms with van der Waals surface area (Å²) in [6, 6.07) is 2.16. The van der Waals surface area contributed by atoms with E-state index in [1.165, 1.54) is 25.0 Å². The van der Waals surface area contributed by atoms with E-state index in [1.54, 1.807) is 18.7 Å². The molecule has 1 aromatic rings. The number of anilines is 1. The van der Waals surface area contributed by atoms with Crippen LogP contribution in [0.5, 0.6) is 0 Å². The van der Waals surface area contributed by atoms with Gasteiger partial charge in [-0.15, -0.1) is 0 Å². The molecule has 6 heteroatoms. The SMILES string of the molecule is CSc1nc(C2CCC2)cc(N2CCN(C(C)=O)CC2)n1. The van der Waals surface area contributed by atoms with E-state index in [4.69, 9.17) is 0 Å². The molecular weight excluding hydrogens is 284 g/mol. The number of carbonyl (C=O) groups is 1. The summed E-state index contributed by atoms with van der Waals surface area (Å²) in [4.78, 5) is 24.9. The van der Waals surface area contributed by atoms with Crippen molar-refractivity contribution in [3.8, 4) is 0 Å². The number of hydrogen-bond donors (Lipinski definition) is 0. The fourth-order valence-corrected chi connectivity index (χ4v) is 3.23. The highest BCUT2D eigenvalue weighted by molar-refractivity contribution is 7.98. The van der Waals surface area contributed by atoms with Gasteiger partial charge in [-0.2, -0.15) is 0 Å². The van der Waals surface area contributed by atoms with Crippen LogP contribution < -0.4 is 4.90 Å². The highest BCUT2D eigenvalue weighted by atomic mass is 32.2. The lowest BCUT2D eigenvalue weighted by atomic mass is 9.83. The molecule has 0 bridgehead atoms. The van der Waals surface area contributed by atoms with E-state index in [2.05, 4.69) is 20.9 Å². The monoisotopic (exact) mass is 306 g/mol. The predicted molar refractivity (Wildman–Crippen MR) is 84.9 cm³/mol. The molecule has 0 aromatic carbocycles. The lowest BCUT2D eigenvalue weighted by Gasteiger charge is -2.35. The van der Waals surface area contributed by atoms with E-state index in [0.29, 0.717) is 5.92 Å². The van der Waals surface area contributed by atoms with Crippen LogP contribution in [0, 0.1) is 0 Å². The summed E-state index contributed by atoms with van der Waals surface area (Å²) in [6.45, 7) is 4.92. The summed E-state index contributed by atoms with van der Waals surface area (Å²) in [5.74, 6) is 1.81. The van der Waals surface area contributed by atoms with Crippen LogP contribution in [0.25, 0.3) is 0 Å². The number of thioether (sulfide) groups is 1. The van der Waals surface area contributed by atoms with Crippen molar-refractivity contribution in [1.29, 1.82) is 0 Å². The van der Waals surface area contributed by atoms with Crippen LogP contribution in [0.2, 0.25) is 0 Å². The zero-order valence-corrected chi connectivity index (χ0v) is 13.5. The van der Waals surface area contributed by atoms with E-state index in [1.807, 2.05) is 11.2 Å². The lowest BCUT2D eigenvalue weighted by molar-refractivity contribution is -0.129. The molecule has 1 saturated heterocycles. The third-order valence-electron chi connectivity index (χ3n) is 4.47. The Labute approximate surface area is 130 Å². The van der Waals surface area contributed by atoms with Gasteiger partial charge in [0.05, 0.1) is 5.69 Å². The molecule has 0 radical (unpaired) electrons. The maximum Gasteiger partial charge on any atom is 0.219 e. The number of piperazine rings is 1. The fraction of sp³-hybridized carbons (Fsp3) is 0.667. The number of aromatic nitrogens is 2. The van der Waals surface area contributed by atoms with Crippen LogP contribution in [0.4, 0.5) is 5.82 Å². The normalized spacial score (nSPS) is 19.5. The molecule has 5 nitrogen and oxygen atoms in total. The minimum Gasteiger partial charge on any atom is -0.353 e. The molecule has 2 fully saturated rings. The average Bonchev–Trinajstić information content (AvgIpc) is 2.45. The van der Waals surface area contributed by atoms with E-state index >= 15 is 0 Å². The molecule has 1 saturated carbocycles. The van der Waals surface area contributed by atoms with Gasteiger partial charge in [0.2, 0.25) is 5.91 Å². The van der Waals surface area contributed by atoms with Gasteiger partial charge < -0.3 is 9.80 Å². The second-order valence-corrected chi connectivity index (χ2v) is 6.53. The molecular formula is C15H22N4OS. The number of carbonyl (C=O) groups excluding carboxylic acids is 1. The van der Waals surface area contributed by atoms with Crippen molar-refractivity contribution in [2.45, 2.75) is 37.3 Å². The van der Waals surface area contributed by atoms with E-state index in [0.717, 1.165) is 37.2 Å². The van der Waals surface area contributed by atoms with Gasteiger partial charge in [-0.05, 0) is 19.1 Å². The van der Waals surface area contributed by atoms with Crippen molar-refractivity contribution in [3.05, 3.63) is 11.8 Å². The summed E-state index contributed by atoms with van der Waals surface area (Å²) in [5.41, 5.74) is 1.20. The lowest BCUT2D eigenvalue weighted by Crippen LogP contribution is -2.48. The van der Waals surface area contributed by atoms with Crippen molar-refractivity contribution in [1.82, 2.24) is 14.9 Å². The Morgan fingerprint density at radius 1 is 1.24 bits per heavy atom. The number of amides is 1. The first-order valence-electron chi connectivity index (χ1n) is 7.61. The van der Waals surface area contributed by atoms with Crippen LogP contribution in [-0.4, -0.2) is 53.2 Å². The smallest absolute Gasteiger partial charge is 0.219 e. The first-order chi connectivity index (χ1) is 10.2. The number of rotatable bonds is 3. The Morgan fingerprint density at radius 3 is 2.48 bits per heavy atom. The van der Waals surface area contributed by atoms with Crippen molar-refractivity contribution in [2.75, 3.05) is 37.3 Å². The first kappa shape index (κ1) is 14.6. The van der Waals surface area contributed by atoms with E-state index in [-0.39, 0.29) is 5.91 Å². The largest absolute Gasteiger partial charge is 0.353 e. The molecule has 21 heavy (non-hydrogen) atoms. The highest BCUT2D eigenvalue weighted by Crippen LogP contribution is 2.37. The van der Waals surface area contributed by atoms with Crippen molar-refractivity contribution in [3.63, 3.8) is 0 Å². The van der Waals surface area contributed by atoms with Gasteiger partial charge in [0.25, 0.3) is 0 Å². The number of nitrogens with zero attached hydrogens (tertiary/aromatic N) is 4. The topological polar surface area (TPSA) is 49.3 Å². The number of hydrogen-bond acceptors (Lipinski definition) is 5. The quantitative estimate of drug-likeness (QED) is 0.632. The minimum absolute atomic E-state index is 0.164. The Hall–Kier alpha value is -1.30. The summed E-state index contributed by atoms with van der Waals surface area (Å²) in [7, 11) is 0. The van der Waals surface area contributed by atoms with E-state index < -0.39 is 0 Å². The Bertz CT molecular complexity index is 524. The molecule has 1 aromatic heterocycles. The molecule has 1 amide bonds. The van der Waals surface area contributed by atoms with Gasteiger partial charge in [-0.1, -0.05) is 18.2 Å². The summed E-state index contributed by atoms with van der Waals surface area (Å²) in [6.07, 6.45) is 5.85. The van der Waals surface area contributed by atoms with Crippen molar-refractivity contribution in [2.24, 2.45) is 0 Å². The molecule has 0 atom stereocenters. The predicted octanol–water partition coefficient (Wildman–Crippen LogP) is 2.13. The maximum absolute atomic E-state index is 11.4. The van der Waals surface area contributed by atoms with Gasteiger partial charge in [-0.3, -0.25) is 4.79 Å². The second kappa shape index (κ2) is 6.22. The summed E-state index contributed by atoms with van der Waals surface area (Å²) in [5, 5.41) is 0.864. The van der Waals surface area contributed by atoms with Gasteiger partial charge >= 0.3 is 0 Å². The Balaban J connectivity index is 1.76. The molecule has 0 unspecified atom stereocenters. The van der Waals surface area contributed by atoms with Crippen LogP contribution >= 0.6 is 11.8 Å². The molecule has 3 rings (SSSR count). The first-order valence-corrected chi connectivity index (χ1v) is 8.83. The second-order valence-electron chi connectivity index (χ2n) is 5.76. The molecule has 2 aliphatic rings.